The molecule has 0 atom stereocenters. The van der Waals surface area contributed by atoms with E-state index in [0.717, 1.165) is 6.42 Å². The van der Waals surface area contributed by atoms with Crippen molar-refractivity contribution in [2.45, 2.75) is 6.42 Å². The average Bonchev–Trinajstić information content (AvgIpc) is 3.85. The highest BCUT2D eigenvalue weighted by molar-refractivity contribution is 6.13. The smallest absolute Gasteiger partial charge is 0.0541 e. The van der Waals surface area contributed by atoms with Crippen molar-refractivity contribution in [1.29, 1.82) is 0 Å². The zero-order chi connectivity index (χ0) is 33.5. The molecule has 51 heavy (non-hydrogen) atoms. The van der Waals surface area contributed by atoms with Gasteiger partial charge in [0.2, 0.25) is 0 Å². The van der Waals surface area contributed by atoms with Gasteiger partial charge in [0.25, 0.3) is 0 Å². The Morgan fingerprint density at radius 2 is 0.784 bits per heavy atom. The van der Waals surface area contributed by atoms with Gasteiger partial charge in [-0.1, -0.05) is 115 Å². The first-order chi connectivity index (χ1) is 25.3. The van der Waals surface area contributed by atoms with Gasteiger partial charge in [0.1, 0.15) is 0 Å². The molecule has 8 aromatic carbocycles. The lowest BCUT2D eigenvalue weighted by Gasteiger charge is -2.11. The number of rotatable bonds is 4. The van der Waals surface area contributed by atoms with Crippen molar-refractivity contribution < 1.29 is 0 Å². The van der Waals surface area contributed by atoms with E-state index in [2.05, 4.69) is 191 Å². The van der Waals surface area contributed by atoms with Gasteiger partial charge in [-0.25, -0.2) is 0 Å². The normalized spacial score (nSPS) is 12.2. The average molecular weight is 649 g/mol. The van der Waals surface area contributed by atoms with E-state index in [-0.39, 0.29) is 0 Å². The Labute approximate surface area is 296 Å². The summed E-state index contributed by atoms with van der Waals surface area (Å²) in [6.45, 7) is 0. The fourth-order valence-electron chi connectivity index (χ4n) is 8.66. The number of nitrogens with zero attached hydrogens (tertiary/aromatic N) is 2. The Bertz CT molecular complexity index is 2980. The maximum Gasteiger partial charge on any atom is 0.0541 e. The molecule has 2 nitrogen and oxygen atoms in total. The molecule has 0 saturated carbocycles. The van der Waals surface area contributed by atoms with Gasteiger partial charge in [0.15, 0.2) is 0 Å². The molecule has 0 N–H and O–H groups in total. The minimum atomic E-state index is 0.971. The molecule has 0 amide bonds. The standard InChI is InChI=1S/C49H32N2/c1-3-13-36(14-4-1)50-46-21-10-9-18-41(46)43-28-32(22-25-47(43)50)33-23-26-48-44(29-33)45-31-35(24-27-49(45)51(48)37-15-5-2-6-16-37)39-19-11-20-40-38-17-8-7-12-34(38)30-42(39)40/h1-29,31H,30H2. The molecule has 0 unspecified atom stereocenters. The van der Waals surface area contributed by atoms with Gasteiger partial charge >= 0.3 is 0 Å². The van der Waals surface area contributed by atoms with Crippen LogP contribution in [0.5, 0.6) is 0 Å². The Morgan fingerprint density at radius 1 is 0.314 bits per heavy atom. The summed E-state index contributed by atoms with van der Waals surface area (Å²) in [6.07, 6.45) is 0.971. The first-order valence-electron chi connectivity index (χ1n) is 17.7. The summed E-state index contributed by atoms with van der Waals surface area (Å²) < 4.78 is 4.80. The van der Waals surface area contributed by atoms with Crippen LogP contribution in [0.4, 0.5) is 0 Å². The molecular weight excluding hydrogens is 617 g/mol. The third kappa shape index (κ3) is 4.23. The molecule has 0 saturated heterocycles. The molecule has 0 radical (unpaired) electrons. The molecular formula is C49H32N2. The van der Waals surface area contributed by atoms with Crippen LogP contribution >= 0.6 is 0 Å². The number of hydrogen-bond donors (Lipinski definition) is 0. The quantitative estimate of drug-likeness (QED) is 0.180. The van der Waals surface area contributed by atoms with Crippen LogP contribution in [0.1, 0.15) is 11.1 Å². The highest BCUT2D eigenvalue weighted by atomic mass is 15.0. The molecule has 238 valence electrons. The van der Waals surface area contributed by atoms with Crippen molar-refractivity contribution in [3.63, 3.8) is 0 Å². The monoisotopic (exact) mass is 648 g/mol. The fourth-order valence-corrected chi connectivity index (χ4v) is 8.66. The molecule has 2 heterocycles. The second-order valence-electron chi connectivity index (χ2n) is 13.7. The molecule has 0 aliphatic heterocycles. The third-order valence-electron chi connectivity index (χ3n) is 11.0. The van der Waals surface area contributed by atoms with Gasteiger partial charge < -0.3 is 9.13 Å². The Kier molecular flexibility index (Phi) is 6.05. The molecule has 11 rings (SSSR count). The number of benzene rings is 8. The molecule has 0 spiro atoms. The lowest BCUT2D eigenvalue weighted by Crippen LogP contribution is -1.93. The van der Waals surface area contributed by atoms with Crippen LogP contribution < -0.4 is 0 Å². The van der Waals surface area contributed by atoms with Crippen LogP contribution in [0.2, 0.25) is 0 Å². The molecule has 2 heteroatoms. The molecule has 1 aliphatic rings. The predicted molar refractivity (Wildman–Crippen MR) is 214 cm³/mol. The van der Waals surface area contributed by atoms with Crippen LogP contribution in [-0.2, 0) is 6.42 Å². The molecule has 2 aromatic heterocycles. The van der Waals surface area contributed by atoms with E-state index >= 15 is 0 Å². The minimum absolute atomic E-state index is 0.971. The van der Waals surface area contributed by atoms with Crippen molar-refractivity contribution in [1.82, 2.24) is 9.13 Å². The lowest BCUT2D eigenvalue weighted by atomic mass is 9.94. The second-order valence-corrected chi connectivity index (χ2v) is 13.7. The first kappa shape index (κ1) is 28.2. The van der Waals surface area contributed by atoms with Crippen molar-refractivity contribution in [2.75, 3.05) is 0 Å². The summed E-state index contributed by atoms with van der Waals surface area (Å²) in [5, 5.41) is 5.06. The van der Waals surface area contributed by atoms with Gasteiger partial charge in [-0.2, -0.15) is 0 Å². The van der Waals surface area contributed by atoms with Crippen LogP contribution in [0, 0.1) is 0 Å². The number of para-hydroxylation sites is 3. The summed E-state index contributed by atoms with van der Waals surface area (Å²) >= 11 is 0. The van der Waals surface area contributed by atoms with E-state index in [0.29, 0.717) is 0 Å². The van der Waals surface area contributed by atoms with E-state index in [1.54, 1.807) is 0 Å². The van der Waals surface area contributed by atoms with Crippen molar-refractivity contribution in [2.24, 2.45) is 0 Å². The third-order valence-corrected chi connectivity index (χ3v) is 11.0. The fraction of sp³-hybridized carbons (Fsp3) is 0.0204. The SMILES string of the molecule is c1ccc(-n2c3ccccc3c3cc(-c4ccc5c(c4)c4cc(-c6cccc7c6Cc6ccccc6-7)ccc4n5-c4ccccc4)ccc32)cc1. The summed E-state index contributed by atoms with van der Waals surface area (Å²) in [5.41, 5.74) is 17.8. The molecule has 10 aromatic rings. The van der Waals surface area contributed by atoms with E-state index in [1.165, 1.54) is 99.5 Å². The highest BCUT2D eigenvalue weighted by Crippen LogP contribution is 2.44. The van der Waals surface area contributed by atoms with Gasteiger partial charge in [-0.15, -0.1) is 0 Å². The first-order valence-corrected chi connectivity index (χ1v) is 17.7. The summed E-state index contributed by atoms with van der Waals surface area (Å²) in [7, 11) is 0. The van der Waals surface area contributed by atoms with Gasteiger partial charge in [-0.3, -0.25) is 0 Å². The zero-order valence-corrected chi connectivity index (χ0v) is 27.9. The Hall–Kier alpha value is -6.64. The summed E-state index contributed by atoms with van der Waals surface area (Å²) in [5.74, 6) is 0. The zero-order valence-electron chi connectivity index (χ0n) is 27.9. The van der Waals surface area contributed by atoms with E-state index in [4.69, 9.17) is 0 Å². The van der Waals surface area contributed by atoms with E-state index in [9.17, 15) is 0 Å². The van der Waals surface area contributed by atoms with Crippen molar-refractivity contribution >= 4 is 43.6 Å². The van der Waals surface area contributed by atoms with Crippen LogP contribution in [0.3, 0.4) is 0 Å². The predicted octanol–water partition coefficient (Wildman–Crippen LogP) is 12.8. The number of fused-ring (bicyclic) bond motifs is 9. The van der Waals surface area contributed by atoms with Gasteiger partial charge in [0, 0.05) is 32.9 Å². The largest absolute Gasteiger partial charge is 0.309 e. The van der Waals surface area contributed by atoms with E-state index in [1.807, 2.05) is 0 Å². The lowest BCUT2D eigenvalue weighted by molar-refractivity contribution is 1.18. The van der Waals surface area contributed by atoms with Crippen LogP contribution in [0.15, 0.2) is 182 Å². The van der Waals surface area contributed by atoms with Crippen LogP contribution in [0.25, 0.3) is 88.4 Å². The summed E-state index contributed by atoms with van der Waals surface area (Å²) in [6, 6.07) is 66.9. The minimum Gasteiger partial charge on any atom is -0.309 e. The van der Waals surface area contributed by atoms with Crippen molar-refractivity contribution in [3.8, 4) is 44.8 Å². The highest BCUT2D eigenvalue weighted by Gasteiger charge is 2.22. The molecule has 0 bridgehead atoms. The van der Waals surface area contributed by atoms with E-state index < -0.39 is 0 Å². The second kappa shape index (κ2) is 10.9. The van der Waals surface area contributed by atoms with Gasteiger partial charge in [-0.05, 0) is 118 Å². The van der Waals surface area contributed by atoms with Crippen LogP contribution in [-0.4, -0.2) is 9.13 Å². The Balaban J connectivity index is 1.12. The molecule has 0 fully saturated rings. The van der Waals surface area contributed by atoms with Crippen molar-refractivity contribution in [3.05, 3.63) is 193 Å². The Morgan fingerprint density at radius 3 is 1.45 bits per heavy atom. The maximum atomic E-state index is 2.43. The van der Waals surface area contributed by atoms with Gasteiger partial charge in [0.05, 0.1) is 22.1 Å². The molecule has 1 aliphatic carbocycles. The number of aromatic nitrogens is 2. The number of hydrogen-bond acceptors (Lipinski definition) is 0. The topological polar surface area (TPSA) is 9.86 Å². The maximum absolute atomic E-state index is 2.43. The summed E-state index contributed by atoms with van der Waals surface area (Å²) in [4.78, 5) is 0.